The van der Waals surface area contributed by atoms with E-state index in [0.717, 1.165) is 49.3 Å². The van der Waals surface area contributed by atoms with Crippen LogP contribution in [0, 0.1) is 5.92 Å². The Morgan fingerprint density at radius 3 is 2.33 bits per heavy atom. The number of nitrogens with zero attached hydrogens (tertiary/aromatic N) is 5. The zero-order chi connectivity index (χ0) is 18.2. The van der Waals surface area contributed by atoms with Gasteiger partial charge in [0.05, 0.1) is 17.2 Å². The molecule has 2 fully saturated rings. The summed E-state index contributed by atoms with van der Waals surface area (Å²) in [5, 5.41) is 0.720. The van der Waals surface area contributed by atoms with Gasteiger partial charge in [0.15, 0.2) is 0 Å². The Hall–Kier alpha value is -2.89. The molecule has 0 bridgehead atoms. The minimum Gasteiger partial charge on any atom is -0.368 e. The fourth-order valence-electron chi connectivity index (χ4n) is 3.83. The van der Waals surface area contributed by atoms with Gasteiger partial charge in [-0.25, -0.2) is 4.98 Å². The number of aromatic nitrogens is 3. The van der Waals surface area contributed by atoms with Gasteiger partial charge < -0.3 is 9.80 Å². The second kappa shape index (κ2) is 6.68. The van der Waals surface area contributed by atoms with Crippen molar-refractivity contribution < 1.29 is 0 Å². The highest BCUT2D eigenvalue weighted by atomic mass is 16.1. The normalized spacial score (nSPS) is 17.5. The summed E-state index contributed by atoms with van der Waals surface area (Å²) < 4.78 is 1.77. The lowest BCUT2D eigenvalue weighted by Crippen LogP contribution is -2.46. The van der Waals surface area contributed by atoms with Crippen molar-refractivity contribution in [2.24, 2.45) is 5.92 Å². The molecule has 5 rings (SSSR count). The fraction of sp³-hybridized carbons (Fsp3) is 0.381. The summed E-state index contributed by atoms with van der Waals surface area (Å²) in [5.74, 6) is 0.665. The second-order valence-corrected chi connectivity index (χ2v) is 7.53. The fourth-order valence-corrected chi connectivity index (χ4v) is 3.83. The molecule has 0 atom stereocenters. The van der Waals surface area contributed by atoms with Crippen molar-refractivity contribution in [1.29, 1.82) is 0 Å². The Kier molecular flexibility index (Phi) is 4.03. The quantitative estimate of drug-likeness (QED) is 0.715. The first kappa shape index (κ1) is 16.3. The number of fused-ring (bicyclic) bond motifs is 1. The third kappa shape index (κ3) is 3.27. The lowest BCUT2D eigenvalue weighted by atomic mass is 10.2. The molecule has 1 aliphatic carbocycles. The molecule has 1 saturated heterocycles. The van der Waals surface area contributed by atoms with Crippen LogP contribution in [0.15, 0.2) is 53.8 Å². The SMILES string of the molecule is O=c1c2ccc(N3CCN(c4ccncc4)CC3)cc2ncn1CC1CC1. The summed E-state index contributed by atoms with van der Waals surface area (Å²) >= 11 is 0. The molecule has 6 nitrogen and oxygen atoms in total. The molecule has 0 amide bonds. The average Bonchev–Trinajstić information content (AvgIpc) is 3.55. The molecule has 0 spiro atoms. The molecule has 3 aromatic rings. The van der Waals surface area contributed by atoms with Gasteiger partial charge in [-0.05, 0) is 49.1 Å². The second-order valence-electron chi connectivity index (χ2n) is 7.53. The van der Waals surface area contributed by atoms with Crippen LogP contribution in [0.3, 0.4) is 0 Å². The van der Waals surface area contributed by atoms with E-state index >= 15 is 0 Å². The van der Waals surface area contributed by atoms with Gasteiger partial charge in [-0.3, -0.25) is 14.3 Å². The minimum absolute atomic E-state index is 0.0842. The number of rotatable bonds is 4. The standard InChI is InChI=1S/C21H23N5O/c27-21-19-4-3-18(13-20(19)23-15-26(21)14-16-1-2-16)25-11-9-24(10-12-25)17-5-7-22-8-6-17/h3-8,13,15-16H,1-2,9-12,14H2. The lowest BCUT2D eigenvalue weighted by Gasteiger charge is -2.37. The van der Waals surface area contributed by atoms with E-state index in [1.54, 1.807) is 10.9 Å². The highest BCUT2D eigenvalue weighted by Crippen LogP contribution is 2.30. The molecule has 0 N–H and O–H groups in total. The molecular weight excluding hydrogens is 338 g/mol. The Morgan fingerprint density at radius 2 is 1.63 bits per heavy atom. The largest absolute Gasteiger partial charge is 0.368 e. The Morgan fingerprint density at radius 1 is 0.926 bits per heavy atom. The number of hydrogen-bond acceptors (Lipinski definition) is 5. The molecular formula is C21H23N5O. The smallest absolute Gasteiger partial charge is 0.261 e. The first-order chi connectivity index (χ1) is 13.3. The number of piperazine rings is 1. The van der Waals surface area contributed by atoms with Crippen molar-refractivity contribution in [2.45, 2.75) is 19.4 Å². The van der Waals surface area contributed by atoms with Crippen LogP contribution in [0.5, 0.6) is 0 Å². The van der Waals surface area contributed by atoms with E-state index in [2.05, 4.69) is 44.0 Å². The summed E-state index contributed by atoms with van der Waals surface area (Å²) in [4.78, 5) is 26.1. The van der Waals surface area contributed by atoms with Crippen molar-refractivity contribution in [1.82, 2.24) is 14.5 Å². The molecule has 0 unspecified atom stereocenters. The van der Waals surface area contributed by atoms with Crippen molar-refractivity contribution in [3.8, 4) is 0 Å². The molecule has 1 aromatic carbocycles. The summed E-state index contributed by atoms with van der Waals surface area (Å²) in [6.07, 6.45) is 7.86. The summed E-state index contributed by atoms with van der Waals surface area (Å²) in [7, 11) is 0. The van der Waals surface area contributed by atoms with Crippen molar-refractivity contribution >= 4 is 22.3 Å². The number of benzene rings is 1. The summed E-state index contributed by atoms with van der Waals surface area (Å²) in [5.41, 5.74) is 3.24. The lowest BCUT2D eigenvalue weighted by molar-refractivity contribution is 0.602. The molecule has 3 heterocycles. The predicted octanol–water partition coefficient (Wildman–Crippen LogP) is 2.53. The average molecular weight is 361 g/mol. The van der Waals surface area contributed by atoms with E-state index in [4.69, 9.17) is 0 Å². The first-order valence-electron chi connectivity index (χ1n) is 9.67. The zero-order valence-electron chi connectivity index (χ0n) is 15.3. The van der Waals surface area contributed by atoms with Crippen LogP contribution in [0.1, 0.15) is 12.8 Å². The molecule has 0 radical (unpaired) electrons. The van der Waals surface area contributed by atoms with E-state index < -0.39 is 0 Å². The topological polar surface area (TPSA) is 54.3 Å². The highest BCUT2D eigenvalue weighted by Gasteiger charge is 2.23. The first-order valence-corrected chi connectivity index (χ1v) is 9.67. The van der Waals surface area contributed by atoms with Gasteiger partial charge in [0, 0.05) is 56.5 Å². The van der Waals surface area contributed by atoms with Crippen LogP contribution >= 0.6 is 0 Å². The molecule has 2 aromatic heterocycles. The molecule has 27 heavy (non-hydrogen) atoms. The molecule has 138 valence electrons. The summed E-state index contributed by atoms with van der Waals surface area (Å²) in [6, 6.07) is 10.2. The van der Waals surface area contributed by atoms with Gasteiger partial charge in [-0.1, -0.05) is 0 Å². The van der Waals surface area contributed by atoms with Gasteiger partial charge in [0.1, 0.15) is 0 Å². The summed E-state index contributed by atoms with van der Waals surface area (Å²) in [6.45, 7) is 4.65. The van der Waals surface area contributed by atoms with Gasteiger partial charge >= 0.3 is 0 Å². The monoisotopic (exact) mass is 361 g/mol. The zero-order valence-corrected chi connectivity index (χ0v) is 15.3. The van der Waals surface area contributed by atoms with E-state index in [1.807, 2.05) is 18.5 Å². The maximum absolute atomic E-state index is 12.7. The van der Waals surface area contributed by atoms with Crippen LogP contribution in [-0.4, -0.2) is 40.7 Å². The van der Waals surface area contributed by atoms with Crippen LogP contribution in [0.25, 0.3) is 10.9 Å². The molecule has 6 heteroatoms. The van der Waals surface area contributed by atoms with Crippen LogP contribution < -0.4 is 15.4 Å². The van der Waals surface area contributed by atoms with Crippen molar-refractivity contribution in [3.63, 3.8) is 0 Å². The van der Waals surface area contributed by atoms with Gasteiger partial charge in [0.2, 0.25) is 0 Å². The predicted molar refractivity (Wildman–Crippen MR) is 107 cm³/mol. The highest BCUT2D eigenvalue weighted by molar-refractivity contribution is 5.81. The van der Waals surface area contributed by atoms with E-state index in [1.165, 1.54) is 18.5 Å². The van der Waals surface area contributed by atoms with Crippen LogP contribution in [0.4, 0.5) is 11.4 Å². The molecule has 2 aliphatic rings. The number of hydrogen-bond donors (Lipinski definition) is 0. The maximum Gasteiger partial charge on any atom is 0.261 e. The third-order valence-corrected chi connectivity index (χ3v) is 5.63. The third-order valence-electron chi connectivity index (χ3n) is 5.63. The Labute approximate surface area is 158 Å². The number of anilines is 2. The Bertz CT molecular complexity index is 1000. The van der Waals surface area contributed by atoms with Gasteiger partial charge in [-0.15, -0.1) is 0 Å². The molecule has 1 saturated carbocycles. The van der Waals surface area contributed by atoms with Crippen molar-refractivity contribution in [2.75, 3.05) is 36.0 Å². The van der Waals surface area contributed by atoms with Crippen LogP contribution in [0.2, 0.25) is 0 Å². The van der Waals surface area contributed by atoms with Gasteiger partial charge in [-0.2, -0.15) is 0 Å². The van der Waals surface area contributed by atoms with E-state index in [9.17, 15) is 4.79 Å². The molecule has 1 aliphatic heterocycles. The van der Waals surface area contributed by atoms with E-state index in [-0.39, 0.29) is 5.56 Å². The number of pyridine rings is 1. The Balaban J connectivity index is 1.34. The van der Waals surface area contributed by atoms with E-state index in [0.29, 0.717) is 5.92 Å². The van der Waals surface area contributed by atoms with Crippen molar-refractivity contribution in [3.05, 3.63) is 59.4 Å². The van der Waals surface area contributed by atoms with Crippen LogP contribution in [-0.2, 0) is 6.54 Å². The van der Waals surface area contributed by atoms with Gasteiger partial charge in [0.25, 0.3) is 5.56 Å². The maximum atomic E-state index is 12.7. The minimum atomic E-state index is 0.0842.